The number of aldehydes is 1. The zero-order chi connectivity index (χ0) is 19.5. The first-order chi connectivity index (χ1) is 13.6. The van der Waals surface area contributed by atoms with Crippen molar-refractivity contribution in [3.05, 3.63) is 76.0 Å². The minimum atomic E-state index is -0.543. The number of hydrogen-bond donors (Lipinski definition) is 0. The Balaban J connectivity index is 1.36. The fourth-order valence-electron chi connectivity index (χ4n) is 3.02. The maximum atomic E-state index is 10.8. The van der Waals surface area contributed by atoms with Crippen LogP contribution in [0.1, 0.15) is 15.9 Å². The van der Waals surface area contributed by atoms with Crippen molar-refractivity contribution in [2.24, 2.45) is 0 Å². The number of nitro groups is 1. The highest BCUT2D eigenvalue weighted by Gasteiger charge is 2.28. The minimum Gasteiger partial charge on any atom is -0.443 e. The summed E-state index contributed by atoms with van der Waals surface area (Å²) in [6.07, 6.45) is 1.97. The first-order valence-electron chi connectivity index (χ1n) is 8.73. The van der Waals surface area contributed by atoms with Gasteiger partial charge in [-0.15, -0.1) is 0 Å². The van der Waals surface area contributed by atoms with E-state index in [0.717, 1.165) is 23.0 Å². The summed E-state index contributed by atoms with van der Waals surface area (Å²) in [7, 11) is 0. The van der Waals surface area contributed by atoms with E-state index >= 15 is 0 Å². The minimum absolute atomic E-state index is 0.211. The van der Waals surface area contributed by atoms with E-state index in [9.17, 15) is 14.9 Å². The quantitative estimate of drug-likeness (QED) is 0.371. The van der Waals surface area contributed by atoms with Crippen molar-refractivity contribution in [2.45, 2.75) is 19.3 Å². The summed E-state index contributed by atoms with van der Waals surface area (Å²) in [5, 5.41) is 10.8. The van der Waals surface area contributed by atoms with Crippen LogP contribution in [-0.2, 0) is 17.9 Å². The number of imidazole rings is 1. The van der Waals surface area contributed by atoms with Crippen molar-refractivity contribution >= 4 is 12.1 Å². The molecule has 0 amide bonds. The van der Waals surface area contributed by atoms with Gasteiger partial charge < -0.3 is 19.6 Å². The van der Waals surface area contributed by atoms with Crippen LogP contribution in [0.25, 0.3) is 11.1 Å². The van der Waals surface area contributed by atoms with Crippen LogP contribution in [0.4, 0.5) is 5.82 Å². The van der Waals surface area contributed by atoms with Gasteiger partial charge in [0.05, 0.1) is 13.2 Å². The number of rotatable bonds is 6. The number of aromatic nitrogens is 2. The van der Waals surface area contributed by atoms with Gasteiger partial charge in [0.2, 0.25) is 0 Å². The van der Waals surface area contributed by atoms with Crippen LogP contribution in [0.2, 0.25) is 0 Å². The number of benzene rings is 2. The molecule has 4 rings (SSSR count). The summed E-state index contributed by atoms with van der Waals surface area (Å²) in [6.45, 7) is 1.16. The van der Waals surface area contributed by atoms with Gasteiger partial charge in [-0.2, -0.15) is 0 Å². The van der Waals surface area contributed by atoms with Crippen LogP contribution in [0.15, 0.2) is 54.7 Å². The van der Waals surface area contributed by atoms with Crippen molar-refractivity contribution in [3.8, 4) is 17.1 Å². The number of fused-ring (bicyclic) bond motifs is 1. The van der Waals surface area contributed by atoms with Gasteiger partial charge >= 0.3 is 11.8 Å². The molecular formula is C20H17N3O5. The van der Waals surface area contributed by atoms with Crippen LogP contribution in [0.3, 0.4) is 0 Å². The second kappa shape index (κ2) is 7.61. The molecule has 1 aliphatic rings. The third-order valence-corrected chi connectivity index (χ3v) is 4.53. The summed E-state index contributed by atoms with van der Waals surface area (Å²) in [6, 6.07) is 15.6. The normalized spacial score (nSPS) is 15.5. The summed E-state index contributed by atoms with van der Waals surface area (Å²) in [4.78, 5) is 24.8. The number of ether oxygens (including phenoxy) is 2. The molecule has 8 nitrogen and oxygen atoms in total. The maximum Gasteiger partial charge on any atom is 0.414 e. The van der Waals surface area contributed by atoms with Crippen molar-refractivity contribution in [1.82, 2.24) is 9.55 Å². The highest BCUT2D eigenvalue weighted by atomic mass is 16.6. The summed E-state index contributed by atoms with van der Waals surface area (Å²) < 4.78 is 12.9. The topological polar surface area (TPSA) is 96.5 Å². The molecule has 1 aromatic heterocycles. The molecule has 0 radical (unpaired) electrons. The van der Waals surface area contributed by atoms with Crippen LogP contribution in [0.5, 0.6) is 6.01 Å². The summed E-state index contributed by atoms with van der Waals surface area (Å²) in [5.41, 5.74) is 3.75. The van der Waals surface area contributed by atoms with Gasteiger partial charge in [0.25, 0.3) is 0 Å². The lowest BCUT2D eigenvalue weighted by Crippen LogP contribution is -2.32. The highest BCUT2D eigenvalue weighted by Crippen LogP contribution is 2.24. The van der Waals surface area contributed by atoms with Crippen molar-refractivity contribution in [2.75, 3.05) is 6.61 Å². The molecule has 142 valence electrons. The smallest absolute Gasteiger partial charge is 0.414 e. The Hall–Kier alpha value is -3.52. The number of carbonyl (C=O) groups excluding carboxylic acids is 1. The molecule has 0 spiro atoms. The average molecular weight is 379 g/mol. The molecule has 3 aromatic rings. The molecule has 0 bridgehead atoms. The van der Waals surface area contributed by atoms with E-state index < -0.39 is 4.92 Å². The van der Waals surface area contributed by atoms with Gasteiger partial charge in [-0.05, 0) is 21.6 Å². The molecular weight excluding hydrogens is 362 g/mol. The Kier molecular flexibility index (Phi) is 4.86. The second-order valence-corrected chi connectivity index (χ2v) is 6.47. The zero-order valence-corrected chi connectivity index (χ0v) is 14.9. The lowest BCUT2D eigenvalue weighted by molar-refractivity contribution is -0.389. The predicted molar refractivity (Wildman–Crippen MR) is 100 cm³/mol. The Morgan fingerprint density at radius 1 is 1.18 bits per heavy atom. The Bertz CT molecular complexity index is 996. The Morgan fingerprint density at radius 2 is 1.86 bits per heavy atom. The molecule has 0 saturated carbocycles. The summed E-state index contributed by atoms with van der Waals surface area (Å²) in [5.74, 6) is -0.229. The molecule has 0 saturated heterocycles. The first-order valence-corrected chi connectivity index (χ1v) is 8.73. The van der Waals surface area contributed by atoms with E-state index in [1.807, 2.05) is 36.4 Å². The zero-order valence-electron chi connectivity index (χ0n) is 14.9. The molecule has 0 unspecified atom stereocenters. The lowest BCUT2D eigenvalue weighted by Gasteiger charge is -2.22. The van der Waals surface area contributed by atoms with Crippen LogP contribution >= 0.6 is 0 Å². The molecule has 0 fully saturated rings. The fraction of sp³-hybridized carbons (Fsp3) is 0.200. The van der Waals surface area contributed by atoms with Crippen LogP contribution in [-0.4, -0.2) is 33.5 Å². The van der Waals surface area contributed by atoms with Crippen molar-refractivity contribution in [3.63, 3.8) is 0 Å². The molecule has 28 heavy (non-hydrogen) atoms. The SMILES string of the molecule is O=Cc1ccc(-c2ccc(CO[C@@H]3COc4nc([N+](=O)[O-])cn4C3)cc2)cc1. The largest absolute Gasteiger partial charge is 0.443 e. The standard InChI is InChI=1S/C20H17N3O5/c24-11-14-1-5-16(6-2-14)17-7-3-15(4-8-17)12-27-18-9-22-10-19(23(25)26)21-20(22)28-13-18/h1-8,10-11,18H,9,12-13H2/t18-/m0/s1. The Morgan fingerprint density at radius 3 is 2.50 bits per heavy atom. The van der Waals surface area contributed by atoms with E-state index in [1.54, 1.807) is 16.7 Å². The van der Waals surface area contributed by atoms with Gasteiger partial charge in [-0.1, -0.05) is 48.5 Å². The lowest BCUT2D eigenvalue weighted by atomic mass is 10.0. The number of carbonyl (C=O) groups is 1. The second-order valence-electron chi connectivity index (χ2n) is 6.47. The number of nitrogens with zero attached hydrogens (tertiary/aromatic N) is 3. The number of hydrogen-bond acceptors (Lipinski definition) is 6. The van der Waals surface area contributed by atoms with E-state index in [1.165, 1.54) is 6.20 Å². The van der Waals surface area contributed by atoms with E-state index in [-0.39, 0.29) is 17.9 Å². The molecule has 0 N–H and O–H groups in total. The Labute approximate surface area is 160 Å². The van der Waals surface area contributed by atoms with Gasteiger partial charge in [0.1, 0.15) is 25.2 Å². The molecule has 8 heteroatoms. The van der Waals surface area contributed by atoms with Crippen LogP contribution < -0.4 is 4.74 Å². The van der Waals surface area contributed by atoms with Gasteiger partial charge in [0, 0.05) is 10.5 Å². The predicted octanol–water partition coefficient (Wildman–Crippen LogP) is 3.25. The third-order valence-electron chi connectivity index (χ3n) is 4.53. The summed E-state index contributed by atoms with van der Waals surface area (Å²) >= 11 is 0. The average Bonchev–Trinajstić information content (AvgIpc) is 3.16. The molecule has 1 atom stereocenters. The van der Waals surface area contributed by atoms with Crippen LogP contribution in [0, 0.1) is 10.1 Å². The molecule has 0 aliphatic carbocycles. The fourth-order valence-corrected chi connectivity index (χ4v) is 3.02. The molecule has 1 aliphatic heterocycles. The third kappa shape index (κ3) is 3.77. The van der Waals surface area contributed by atoms with E-state index in [2.05, 4.69) is 4.98 Å². The van der Waals surface area contributed by atoms with Gasteiger partial charge in [-0.3, -0.25) is 9.36 Å². The molecule has 2 aromatic carbocycles. The monoisotopic (exact) mass is 379 g/mol. The maximum absolute atomic E-state index is 10.8. The van der Waals surface area contributed by atoms with Gasteiger partial charge in [0.15, 0.2) is 0 Å². The van der Waals surface area contributed by atoms with Crippen molar-refractivity contribution < 1.29 is 19.2 Å². The van der Waals surface area contributed by atoms with Gasteiger partial charge in [-0.25, -0.2) is 0 Å². The highest BCUT2D eigenvalue weighted by molar-refractivity contribution is 5.76. The first kappa shape index (κ1) is 17.9. The van der Waals surface area contributed by atoms with Crippen molar-refractivity contribution in [1.29, 1.82) is 0 Å². The molecule has 2 heterocycles. The van der Waals surface area contributed by atoms with E-state index in [4.69, 9.17) is 9.47 Å². The van der Waals surface area contributed by atoms with E-state index in [0.29, 0.717) is 25.3 Å².